The maximum Gasteiger partial charge on any atom is 0.338 e. The standard InChI is InChI=1S/C23H24N4O3S/c1-14-15(2-3-17-19(14)13-30-23(17)29)5-9-27-10-6-16(7-11-27)21(28)25-22-18-12-24-8-4-20(18)26-31-22/h2-4,8,12,16H,5-7,9-11,13H2,1H3,(H,25,28). The molecule has 2 aliphatic rings. The van der Waals surface area contributed by atoms with Gasteiger partial charge in [0.1, 0.15) is 11.6 Å². The summed E-state index contributed by atoms with van der Waals surface area (Å²) in [4.78, 5) is 31.0. The Kier molecular flexibility index (Phi) is 5.41. The van der Waals surface area contributed by atoms with Crippen LogP contribution in [0.3, 0.4) is 0 Å². The molecule has 0 radical (unpaired) electrons. The van der Waals surface area contributed by atoms with Gasteiger partial charge >= 0.3 is 5.97 Å². The molecule has 3 aromatic rings. The van der Waals surface area contributed by atoms with E-state index in [0.29, 0.717) is 12.2 Å². The van der Waals surface area contributed by atoms with Gasteiger partial charge in [0.05, 0.1) is 16.5 Å². The van der Waals surface area contributed by atoms with Crippen molar-refractivity contribution in [1.29, 1.82) is 0 Å². The van der Waals surface area contributed by atoms with Crippen LogP contribution >= 0.6 is 11.5 Å². The highest BCUT2D eigenvalue weighted by Gasteiger charge is 2.27. The fraction of sp³-hybridized carbons (Fsp3) is 0.391. The summed E-state index contributed by atoms with van der Waals surface area (Å²) >= 11 is 1.31. The number of hydrogen-bond donors (Lipinski definition) is 1. The van der Waals surface area contributed by atoms with Crippen LogP contribution < -0.4 is 5.32 Å². The number of hydrogen-bond acceptors (Lipinski definition) is 7. The average Bonchev–Trinajstić information content (AvgIpc) is 3.38. The molecule has 1 amide bonds. The first kappa shape index (κ1) is 20.1. The van der Waals surface area contributed by atoms with Crippen LogP contribution in [0.5, 0.6) is 0 Å². The second kappa shape index (κ2) is 8.36. The van der Waals surface area contributed by atoms with Gasteiger partial charge in [-0.1, -0.05) is 6.07 Å². The minimum atomic E-state index is -0.215. The summed E-state index contributed by atoms with van der Waals surface area (Å²) in [5, 5.41) is 4.74. The van der Waals surface area contributed by atoms with Crippen molar-refractivity contribution in [1.82, 2.24) is 14.3 Å². The van der Waals surface area contributed by atoms with Crippen LogP contribution in [-0.2, 0) is 22.6 Å². The molecular formula is C23H24N4O3S. The monoisotopic (exact) mass is 436 g/mol. The van der Waals surface area contributed by atoms with E-state index in [0.717, 1.165) is 60.4 Å². The van der Waals surface area contributed by atoms with Crippen molar-refractivity contribution < 1.29 is 14.3 Å². The Morgan fingerprint density at radius 2 is 2.13 bits per heavy atom. The summed E-state index contributed by atoms with van der Waals surface area (Å²) in [7, 11) is 0. The molecule has 0 saturated carbocycles. The van der Waals surface area contributed by atoms with Gasteiger partial charge in [0, 0.05) is 30.4 Å². The van der Waals surface area contributed by atoms with Crippen molar-refractivity contribution in [3.8, 4) is 0 Å². The normalized spacial score (nSPS) is 17.0. The fourth-order valence-corrected chi connectivity index (χ4v) is 5.21. The molecule has 0 bridgehead atoms. The number of cyclic esters (lactones) is 1. The van der Waals surface area contributed by atoms with Gasteiger partial charge in [-0.15, -0.1) is 0 Å². The number of carbonyl (C=O) groups is 2. The van der Waals surface area contributed by atoms with E-state index in [9.17, 15) is 9.59 Å². The number of rotatable bonds is 5. The number of esters is 1. The molecule has 8 heteroatoms. The molecule has 2 aromatic heterocycles. The number of anilines is 1. The molecule has 7 nitrogen and oxygen atoms in total. The number of fused-ring (bicyclic) bond motifs is 2. The Balaban J connectivity index is 1.14. The minimum absolute atomic E-state index is 0.0231. The first-order valence-electron chi connectivity index (χ1n) is 10.6. The maximum absolute atomic E-state index is 12.8. The van der Waals surface area contributed by atoms with Gasteiger partial charge in [-0.3, -0.25) is 9.78 Å². The van der Waals surface area contributed by atoms with Gasteiger partial charge in [0.25, 0.3) is 0 Å². The Morgan fingerprint density at radius 1 is 1.29 bits per heavy atom. The van der Waals surface area contributed by atoms with Crippen LogP contribution in [0.15, 0.2) is 30.6 Å². The van der Waals surface area contributed by atoms with Crippen molar-refractivity contribution in [2.45, 2.75) is 32.8 Å². The lowest BCUT2D eigenvalue weighted by Crippen LogP contribution is -2.39. The lowest BCUT2D eigenvalue weighted by atomic mass is 9.94. The van der Waals surface area contributed by atoms with Crippen LogP contribution in [-0.4, -0.2) is 45.8 Å². The summed E-state index contributed by atoms with van der Waals surface area (Å²) in [6.45, 7) is 5.24. The Bertz CT molecular complexity index is 1150. The Hall–Kier alpha value is -2.84. The van der Waals surface area contributed by atoms with Crippen molar-refractivity contribution in [3.05, 3.63) is 52.8 Å². The summed E-state index contributed by atoms with van der Waals surface area (Å²) in [5.41, 5.74) is 5.04. The van der Waals surface area contributed by atoms with E-state index in [-0.39, 0.29) is 17.8 Å². The Morgan fingerprint density at radius 3 is 2.97 bits per heavy atom. The minimum Gasteiger partial charge on any atom is -0.457 e. The van der Waals surface area contributed by atoms with Gasteiger partial charge in [0.15, 0.2) is 0 Å². The summed E-state index contributed by atoms with van der Waals surface area (Å²) in [5.74, 6) is -0.115. The quantitative estimate of drug-likeness (QED) is 0.616. The molecule has 160 valence electrons. The van der Waals surface area contributed by atoms with E-state index in [4.69, 9.17) is 4.74 Å². The van der Waals surface area contributed by atoms with Gasteiger partial charge in [-0.25, -0.2) is 4.79 Å². The molecular weight excluding hydrogens is 412 g/mol. The summed E-state index contributed by atoms with van der Waals surface area (Å²) in [6, 6.07) is 5.80. The first-order chi connectivity index (χ1) is 15.1. The molecule has 0 unspecified atom stereocenters. The smallest absolute Gasteiger partial charge is 0.338 e. The van der Waals surface area contributed by atoms with Crippen molar-refractivity contribution in [3.63, 3.8) is 0 Å². The number of ether oxygens (including phenoxy) is 1. The SMILES string of the molecule is Cc1c(CCN2CCC(C(=O)Nc3snc4ccncc34)CC2)ccc2c1COC2=O. The molecule has 0 aliphatic carbocycles. The zero-order valence-corrected chi connectivity index (χ0v) is 18.2. The zero-order chi connectivity index (χ0) is 21.4. The second-order valence-corrected chi connectivity index (χ2v) is 8.99. The molecule has 5 rings (SSSR count). The summed E-state index contributed by atoms with van der Waals surface area (Å²) in [6.07, 6.45) is 6.10. The molecule has 1 fully saturated rings. The number of piperidine rings is 1. The highest BCUT2D eigenvalue weighted by atomic mass is 32.1. The van der Waals surface area contributed by atoms with E-state index in [1.807, 2.05) is 12.1 Å². The fourth-order valence-electron chi connectivity index (χ4n) is 4.46. The number of benzene rings is 1. The van der Waals surface area contributed by atoms with Crippen LogP contribution in [0, 0.1) is 12.8 Å². The maximum atomic E-state index is 12.8. The molecule has 1 saturated heterocycles. The average molecular weight is 437 g/mol. The van der Waals surface area contributed by atoms with Crippen LogP contribution in [0.2, 0.25) is 0 Å². The number of likely N-dealkylation sites (tertiary alicyclic amines) is 1. The van der Waals surface area contributed by atoms with E-state index < -0.39 is 0 Å². The highest BCUT2D eigenvalue weighted by molar-refractivity contribution is 7.12. The second-order valence-electron chi connectivity index (χ2n) is 8.21. The predicted octanol–water partition coefficient (Wildman–Crippen LogP) is 3.56. The number of aromatic nitrogens is 2. The molecule has 1 aromatic carbocycles. The lowest BCUT2D eigenvalue weighted by molar-refractivity contribution is -0.121. The number of carbonyl (C=O) groups excluding carboxylic acids is 2. The van der Waals surface area contributed by atoms with E-state index in [1.54, 1.807) is 12.4 Å². The first-order valence-corrected chi connectivity index (χ1v) is 11.4. The topological polar surface area (TPSA) is 84.4 Å². The van der Waals surface area contributed by atoms with Crippen molar-refractivity contribution in [2.75, 3.05) is 25.0 Å². The van der Waals surface area contributed by atoms with E-state index in [2.05, 4.69) is 32.6 Å². The van der Waals surface area contributed by atoms with Gasteiger partial charge in [-0.2, -0.15) is 4.37 Å². The zero-order valence-electron chi connectivity index (χ0n) is 17.4. The molecule has 1 N–H and O–H groups in total. The van der Waals surface area contributed by atoms with Gasteiger partial charge < -0.3 is 15.0 Å². The van der Waals surface area contributed by atoms with Crippen LogP contribution in [0.4, 0.5) is 5.00 Å². The van der Waals surface area contributed by atoms with Crippen molar-refractivity contribution in [2.24, 2.45) is 5.92 Å². The van der Waals surface area contributed by atoms with Crippen molar-refractivity contribution >= 4 is 39.3 Å². The molecule has 0 atom stereocenters. The third-order valence-corrected chi connectivity index (χ3v) is 7.24. The highest BCUT2D eigenvalue weighted by Crippen LogP contribution is 2.29. The van der Waals surface area contributed by atoms with Gasteiger partial charge in [0.2, 0.25) is 5.91 Å². The molecule has 0 spiro atoms. The molecule has 31 heavy (non-hydrogen) atoms. The third kappa shape index (κ3) is 3.93. The van der Waals surface area contributed by atoms with E-state index in [1.165, 1.54) is 22.7 Å². The van der Waals surface area contributed by atoms with Crippen LogP contribution in [0.25, 0.3) is 10.9 Å². The number of nitrogens with zero attached hydrogens (tertiary/aromatic N) is 3. The Labute approximate surface area is 184 Å². The largest absolute Gasteiger partial charge is 0.457 e. The molecule has 2 aliphatic heterocycles. The molecule has 4 heterocycles. The lowest BCUT2D eigenvalue weighted by Gasteiger charge is -2.31. The van der Waals surface area contributed by atoms with E-state index >= 15 is 0 Å². The predicted molar refractivity (Wildman–Crippen MR) is 119 cm³/mol. The number of amides is 1. The number of nitrogens with one attached hydrogen (secondary N) is 1. The van der Waals surface area contributed by atoms with Crippen LogP contribution in [0.1, 0.15) is 39.9 Å². The third-order valence-electron chi connectivity index (χ3n) is 6.45. The summed E-state index contributed by atoms with van der Waals surface area (Å²) < 4.78 is 9.52. The number of pyridine rings is 1. The van der Waals surface area contributed by atoms with Gasteiger partial charge in [-0.05, 0) is 74.1 Å².